The van der Waals surface area contributed by atoms with Crippen LogP contribution in [-0.2, 0) is 14.3 Å². The summed E-state index contributed by atoms with van der Waals surface area (Å²) in [6.07, 6.45) is -0.826. The third-order valence-electron chi connectivity index (χ3n) is 3.06. The van der Waals surface area contributed by atoms with Crippen LogP contribution in [0.25, 0.3) is 0 Å². The summed E-state index contributed by atoms with van der Waals surface area (Å²) < 4.78 is 9.95. The van der Waals surface area contributed by atoms with E-state index in [4.69, 9.17) is 4.74 Å². The Bertz CT molecular complexity index is 617. The highest BCUT2D eigenvalue weighted by atomic mass is 16.6. The summed E-state index contributed by atoms with van der Waals surface area (Å²) in [6, 6.07) is 1.55. The van der Waals surface area contributed by atoms with Crippen LogP contribution in [0.1, 0.15) is 13.8 Å². The number of anilines is 1. The van der Waals surface area contributed by atoms with E-state index in [0.717, 1.165) is 4.90 Å². The van der Waals surface area contributed by atoms with Crippen molar-refractivity contribution in [2.24, 2.45) is 0 Å². The maximum absolute atomic E-state index is 12.2. The zero-order valence-electron chi connectivity index (χ0n) is 11.6. The molecule has 2 unspecified atom stereocenters. The number of pyridine rings is 1. The SMILES string of the molecule is COC(=O)C(C)N1C(=O)C(C)Oc2ccc([N+](=O)[O-])nc21. The molecule has 2 rings (SSSR count). The van der Waals surface area contributed by atoms with Crippen LogP contribution in [0.4, 0.5) is 11.6 Å². The molecule has 21 heavy (non-hydrogen) atoms. The fraction of sp³-hybridized carbons (Fsp3) is 0.417. The van der Waals surface area contributed by atoms with Crippen LogP contribution in [0, 0.1) is 10.1 Å². The number of ether oxygens (including phenoxy) is 2. The van der Waals surface area contributed by atoms with Gasteiger partial charge in [-0.2, -0.15) is 0 Å². The van der Waals surface area contributed by atoms with E-state index in [1.54, 1.807) is 0 Å². The molecule has 0 spiro atoms. The maximum atomic E-state index is 12.2. The van der Waals surface area contributed by atoms with Gasteiger partial charge < -0.3 is 19.6 Å². The lowest BCUT2D eigenvalue weighted by atomic mass is 10.2. The second kappa shape index (κ2) is 5.35. The van der Waals surface area contributed by atoms with Crippen LogP contribution < -0.4 is 9.64 Å². The number of carbonyl (C=O) groups excluding carboxylic acids is 2. The molecule has 0 N–H and O–H groups in total. The monoisotopic (exact) mass is 295 g/mol. The van der Waals surface area contributed by atoms with Crippen molar-refractivity contribution in [2.75, 3.05) is 12.0 Å². The zero-order valence-corrected chi connectivity index (χ0v) is 11.6. The molecule has 9 nitrogen and oxygen atoms in total. The Kier molecular flexibility index (Phi) is 3.74. The maximum Gasteiger partial charge on any atom is 0.366 e. The third kappa shape index (κ3) is 2.49. The molecule has 2 heterocycles. The fourth-order valence-corrected chi connectivity index (χ4v) is 1.98. The predicted octanol–water partition coefficient (Wildman–Crippen LogP) is 0.665. The molecule has 2 atom stereocenters. The number of hydrogen-bond donors (Lipinski definition) is 0. The summed E-state index contributed by atoms with van der Waals surface area (Å²) in [6.45, 7) is 2.97. The summed E-state index contributed by atoms with van der Waals surface area (Å²) in [7, 11) is 1.19. The van der Waals surface area contributed by atoms with Crippen LogP contribution in [0.15, 0.2) is 12.1 Å². The van der Waals surface area contributed by atoms with Crippen molar-refractivity contribution in [2.45, 2.75) is 26.0 Å². The Labute approximate surface area is 119 Å². The van der Waals surface area contributed by atoms with Gasteiger partial charge in [-0.15, -0.1) is 0 Å². The van der Waals surface area contributed by atoms with Gasteiger partial charge in [-0.1, -0.05) is 0 Å². The molecule has 1 aromatic heterocycles. The Morgan fingerprint density at radius 1 is 1.57 bits per heavy atom. The van der Waals surface area contributed by atoms with Crippen molar-refractivity contribution in [3.63, 3.8) is 0 Å². The molecule has 0 saturated carbocycles. The van der Waals surface area contributed by atoms with Crippen molar-refractivity contribution in [3.05, 3.63) is 22.2 Å². The zero-order chi connectivity index (χ0) is 15.7. The van der Waals surface area contributed by atoms with Gasteiger partial charge in [0, 0.05) is 6.07 Å². The van der Waals surface area contributed by atoms with Gasteiger partial charge in [0.05, 0.1) is 7.11 Å². The molecule has 0 bridgehead atoms. The molecule has 0 radical (unpaired) electrons. The average molecular weight is 295 g/mol. The normalized spacial score (nSPS) is 18.5. The number of nitrogens with zero attached hydrogens (tertiary/aromatic N) is 3. The fourth-order valence-electron chi connectivity index (χ4n) is 1.98. The third-order valence-corrected chi connectivity index (χ3v) is 3.06. The summed E-state index contributed by atoms with van der Waals surface area (Å²) in [5.41, 5.74) is 0. The van der Waals surface area contributed by atoms with Crippen LogP contribution in [0.2, 0.25) is 0 Å². The summed E-state index contributed by atoms with van der Waals surface area (Å²) in [5, 5.41) is 10.8. The minimum atomic E-state index is -0.970. The van der Waals surface area contributed by atoms with E-state index >= 15 is 0 Å². The van der Waals surface area contributed by atoms with E-state index < -0.39 is 34.8 Å². The van der Waals surface area contributed by atoms with E-state index in [1.165, 1.54) is 33.1 Å². The predicted molar refractivity (Wildman–Crippen MR) is 69.9 cm³/mol. The van der Waals surface area contributed by atoms with Crippen molar-refractivity contribution in [1.82, 2.24) is 4.98 Å². The lowest BCUT2D eigenvalue weighted by Gasteiger charge is -2.32. The first-order valence-corrected chi connectivity index (χ1v) is 6.09. The summed E-state index contributed by atoms with van der Waals surface area (Å²) in [5.74, 6) is -1.49. The largest absolute Gasteiger partial charge is 0.475 e. The molecule has 0 saturated heterocycles. The second-order valence-electron chi connectivity index (χ2n) is 4.42. The van der Waals surface area contributed by atoms with Crippen LogP contribution >= 0.6 is 0 Å². The van der Waals surface area contributed by atoms with Crippen molar-refractivity contribution < 1.29 is 24.0 Å². The van der Waals surface area contributed by atoms with Gasteiger partial charge in [-0.05, 0) is 29.8 Å². The first-order chi connectivity index (χ1) is 9.86. The summed E-state index contributed by atoms with van der Waals surface area (Å²) in [4.78, 5) is 38.9. The first-order valence-electron chi connectivity index (χ1n) is 6.09. The number of fused-ring (bicyclic) bond motifs is 1. The topological polar surface area (TPSA) is 112 Å². The molecule has 0 aromatic carbocycles. The standard InChI is InChI=1S/C12H13N3O6/c1-6(12(17)20-3)14-10-8(21-7(2)11(14)16)4-5-9(13-10)15(18)19/h4-7H,1-3H3. The molecule has 0 aliphatic carbocycles. The number of esters is 1. The highest BCUT2D eigenvalue weighted by Gasteiger charge is 2.41. The molecule has 0 fully saturated rings. The van der Waals surface area contributed by atoms with Crippen LogP contribution in [-0.4, -0.2) is 41.0 Å². The minimum Gasteiger partial charge on any atom is -0.475 e. The quantitative estimate of drug-likeness (QED) is 0.457. The number of carbonyl (C=O) groups is 2. The lowest BCUT2D eigenvalue weighted by molar-refractivity contribution is -0.389. The van der Waals surface area contributed by atoms with E-state index in [-0.39, 0.29) is 11.6 Å². The van der Waals surface area contributed by atoms with E-state index in [9.17, 15) is 19.7 Å². The Hall–Kier alpha value is -2.71. The van der Waals surface area contributed by atoms with E-state index in [0.29, 0.717) is 0 Å². The molecule has 9 heteroatoms. The number of aromatic nitrogens is 1. The van der Waals surface area contributed by atoms with Crippen molar-refractivity contribution >= 4 is 23.5 Å². The molecular formula is C12H13N3O6. The number of nitro groups is 1. The smallest absolute Gasteiger partial charge is 0.366 e. The molecular weight excluding hydrogens is 282 g/mol. The van der Waals surface area contributed by atoms with Crippen molar-refractivity contribution in [1.29, 1.82) is 0 Å². The number of amides is 1. The molecule has 1 aromatic rings. The number of methoxy groups -OCH3 is 1. The molecule has 112 valence electrons. The van der Waals surface area contributed by atoms with Gasteiger partial charge >= 0.3 is 11.8 Å². The molecule has 1 amide bonds. The average Bonchev–Trinajstić information content (AvgIpc) is 2.46. The van der Waals surface area contributed by atoms with Crippen molar-refractivity contribution in [3.8, 4) is 5.75 Å². The highest BCUT2D eigenvalue weighted by Crippen LogP contribution is 2.35. The van der Waals surface area contributed by atoms with E-state index in [1.807, 2.05) is 0 Å². The van der Waals surface area contributed by atoms with Gasteiger partial charge in [0.1, 0.15) is 6.04 Å². The van der Waals surface area contributed by atoms with Gasteiger partial charge in [0.2, 0.25) is 0 Å². The van der Waals surface area contributed by atoms with Gasteiger partial charge in [0.25, 0.3) is 11.7 Å². The van der Waals surface area contributed by atoms with Crippen LogP contribution in [0.3, 0.4) is 0 Å². The Morgan fingerprint density at radius 3 is 2.81 bits per heavy atom. The Morgan fingerprint density at radius 2 is 2.24 bits per heavy atom. The molecule has 1 aliphatic rings. The van der Waals surface area contributed by atoms with E-state index in [2.05, 4.69) is 9.72 Å². The second-order valence-corrected chi connectivity index (χ2v) is 4.42. The van der Waals surface area contributed by atoms with Crippen LogP contribution in [0.5, 0.6) is 5.75 Å². The van der Waals surface area contributed by atoms with Gasteiger partial charge in [0.15, 0.2) is 11.9 Å². The minimum absolute atomic E-state index is 0.0646. The lowest BCUT2D eigenvalue weighted by Crippen LogP contribution is -2.52. The van der Waals surface area contributed by atoms with Gasteiger partial charge in [-0.3, -0.25) is 9.69 Å². The first kappa shape index (κ1) is 14.7. The number of rotatable bonds is 3. The molecule has 1 aliphatic heterocycles. The number of hydrogen-bond acceptors (Lipinski definition) is 7. The Balaban J connectivity index is 2.54. The van der Waals surface area contributed by atoms with Gasteiger partial charge in [-0.25, -0.2) is 4.79 Å². The highest BCUT2D eigenvalue weighted by molar-refractivity contribution is 6.03. The summed E-state index contributed by atoms with van der Waals surface area (Å²) >= 11 is 0.